The standard InChI is InChI=1S/C8H5ClN6S/c9-4-1-2-5-7(13-16-12-5)8(4)15-3-6(10)11-14-15/h1-3H,10H2. The number of halogens is 1. The van der Waals surface area contributed by atoms with Crippen molar-refractivity contribution in [2.24, 2.45) is 0 Å². The van der Waals surface area contributed by atoms with Crippen molar-refractivity contribution in [1.29, 1.82) is 0 Å². The van der Waals surface area contributed by atoms with Gasteiger partial charge in [0.1, 0.15) is 16.7 Å². The minimum absolute atomic E-state index is 0.330. The van der Waals surface area contributed by atoms with Gasteiger partial charge in [0.05, 0.1) is 22.9 Å². The molecule has 2 aromatic heterocycles. The van der Waals surface area contributed by atoms with Gasteiger partial charge in [-0.3, -0.25) is 0 Å². The highest BCUT2D eigenvalue weighted by atomic mass is 35.5. The first kappa shape index (κ1) is 9.49. The Bertz CT molecular complexity index is 659. The van der Waals surface area contributed by atoms with E-state index < -0.39 is 0 Å². The van der Waals surface area contributed by atoms with Crippen LogP contribution in [0.25, 0.3) is 16.7 Å². The number of nitrogens with two attached hydrogens (primary N) is 1. The average Bonchev–Trinajstić information content (AvgIpc) is 2.86. The molecule has 0 amide bonds. The Labute approximate surface area is 99.0 Å². The molecular weight excluding hydrogens is 248 g/mol. The SMILES string of the molecule is Nc1cn(-c2c(Cl)ccc3nsnc23)nn1. The molecule has 0 aliphatic rings. The summed E-state index contributed by atoms with van der Waals surface area (Å²) in [5, 5.41) is 8.12. The van der Waals surface area contributed by atoms with Gasteiger partial charge in [-0.1, -0.05) is 16.8 Å². The van der Waals surface area contributed by atoms with Crippen molar-refractivity contribution < 1.29 is 0 Å². The Morgan fingerprint density at radius 1 is 1.31 bits per heavy atom. The molecule has 16 heavy (non-hydrogen) atoms. The third kappa shape index (κ3) is 1.33. The Hall–Kier alpha value is -1.73. The zero-order valence-corrected chi connectivity index (χ0v) is 9.40. The summed E-state index contributed by atoms with van der Waals surface area (Å²) in [5.74, 6) is 0.330. The lowest BCUT2D eigenvalue weighted by Crippen LogP contribution is -1.97. The van der Waals surface area contributed by atoms with Crippen LogP contribution in [-0.4, -0.2) is 23.7 Å². The van der Waals surface area contributed by atoms with Crippen molar-refractivity contribution >= 4 is 40.2 Å². The van der Waals surface area contributed by atoms with Gasteiger partial charge in [-0.2, -0.15) is 8.75 Å². The molecule has 0 saturated heterocycles. The van der Waals surface area contributed by atoms with Crippen molar-refractivity contribution in [3.63, 3.8) is 0 Å². The quantitative estimate of drug-likeness (QED) is 0.710. The molecule has 0 unspecified atom stereocenters. The summed E-state index contributed by atoms with van der Waals surface area (Å²) in [6.45, 7) is 0. The first-order valence-corrected chi connectivity index (χ1v) is 5.45. The topological polar surface area (TPSA) is 82.5 Å². The highest BCUT2D eigenvalue weighted by Gasteiger charge is 2.13. The van der Waals surface area contributed by atoms with Gasteiger partial charge in [0.2, 0.25) is 0 Å². The van der Waals surface area contributed by atoms with Crippen LogP contribution in [0.1, 0.15) is 0 Å². The maximum Gasteiger partial charge on any atom is 0.166 e. The molecule has 3 aromatic rings. The number of fused-ring (bicyclic) bond motifs is 1. The number of rotatable bonds is 1. The zero-order valence-electron chi connectivity index (χ0n) is 7.83. The minimum Gasteiger partial charge on any atom is -0.381 e. The molecular formula is C8H5ClN6S. The van der Waals surface area contributed by atoms with Crippen LogP contribution in [0.3, 0.4) is 0 Å². The summed E-state index contributed by atoms with van der Waals surface area (Å²) in [6, 6.07) is 3.56. The van der Waals surface area contributed by atoms with Crippen molar-refractivity contribution in [3.8, 4) is 5.69 Å². The van der Waals surface area contributed by atoms with Crippen molar-refractivity contribution in [2.75, 3.05) is 5.73 Å². The summed E-state index contributed by atoms with van der Waals surface area (Å²) >= 11 is 7.24. The van der Waals surface area contributed by atoms with Crippen molar-refractivity contribution in [3.05, 3.63) is 23.4 Å². The molecule has 2 N–H and O–H groups in total. The summed E-state index contributed by atoms with van der Waals surface area (Å²) in [4.78, 5) is 0. The summed E-state index contributed by atoms with van der Waals surface area (Å²) < 4.78 is 9.82. The van der Waals surface area contributed by atoms with E-state index in [1.54, 1.807) is 12.3 Å². The lowest BCUT2D eigenvalue weighted by molar-refractivity contribution is 0.808. The first-order chi connectivity index (χ1) is 7.75. The predicted molar refractivity (Wildman–Crippen MR) is 61.8 cm³/mol. The molecule has 2 heterocycles. The second-order valence-electron chi connectivity index (χ2n) is 3.12. The molecule has 0 radical (unpaired) electrons. The van der Waals surface area contributed by atoms with Gasteiger partial charge in [-0.15, -0.1) is 5.10 Å². The molecule has 6 nitrogen and oxygen atoms in total. The maximum absolute atomic E-state index is 6.11. The van der Waals surface area contributed by atoms with E-state index in [1.807, 2.05) is 6.07 Å². The Morgan fingerprint density at radius 3 is 2.94 bits per heavy atom. The van der Waals surface area contributed by atoms with Crippen molar-refractivity contribution in [1.82, 2.24) is 23.7 Å². The molecule has 8 heteroatoms. The lowest BCUT2D eigenvalue weighted by atomic mass is 10.2. The molecule has 1 aromatic carbocycles. The summed E-state index contributed by atoms with van der Waals surface area (Å²) in [6.07, 6.45) is 1.58. The molecule has 80 valence electrons. The largest absolute Gasteiger partial charge is 0.381 e. The summed E-state index contributed by atoms with van der Waals surface area (Å²) in [7, 11) is 0. The monoisotopic (exact) mass is 252 g/mol. The number of aromatic nitrogens is 5. The van der Waals surface area contributed by atoms with Crippen LogP contribution in [0.2, 0.25) is 5.02 Å². The van der Waals surface area contributed by atoms with Crippen LogP contribution in [0, 0.1) is 0 Å². The van der Waals surface area contributed by atoms with Crippen LogP contribution in [-0.2, 0) is 0 Å². The zero-order chi connectivity index (χ0) is 11.1. The van der Waals surface area contributed by atoms with Gasteiger partial charge in [0, 0.05) is 0 Å². The number of benzene rings is 1. The van der Waals surface area contributed by atoms with E-state index in [9.17, 15) is 0 Å². The number of hydrogen-bond acceptors (Lipinski definition) is 6. The molecule has 0 aliphatic heterocycles. The molecule has 0 spiro atoms. The minimum atomic E-state index is 0.330. The van der Waals surface area contributed by atoms with Gasteiger partial charge >= 0.3 is 0 Å². The number of anilines is 1. The third-order valence-corrected chi connectivity index (χ3v) is 2.94. The number of nitrogens with zero attached hydrogens (tertiary/aromatic N) is 5. The Morgan fingerprint density at radius 2 is 2.19 bits per heavy atom. The predicted octanol–water partition coefficient (Wildman–Crippen LogP) is 1.51. The van der Waals surface area contributed by atoms with E-state index in [2.05, 4.69) is 19.1 Å². The average molecular weight is 253 g/mol. The fraction of sp³-hybridized carbons (Fsp3) is 0. The van der Waals surface area contributed by atoms with Gasteiger partial charge in [0.25, 0.3) is 0 Å². The molecule has 0 aliphatic carbocycles. The van der Waals surface area contributed by atoms with Crippen molar-refractivity contribution in [2.45, 2.75) is 0 Å². The highest BCUT2D eigenvalue weighted by molar-refractivity contribution is 7.00. The van der Waals surface area contributed by atoms with Crippen LogP contribution in [0.5, 0.6) is 0 Å². The van der Waals surface area contributed by atoms with Crippen LogP contribution < -0.4 is 5.73 Å². The summed E-state index contributed by atoms with van der Waals surface area (Å²) in [5.41, 5.74) is 7.64. The lowest BCUT2D eigenvalue weighted by Gasteiger charge is -2.02. The fourth-order valence-corrected chi connectivity index (χ4v) is 2.19. The second-order valence-corrected chi connectivity index (χ2v) is 4.05. The first-order valence-electron chi connectivity index (χ1n) is 4.34. The number of hydrogen-bond donors (Lipinski definition) is 1. The van der Waals surface area contributed by atoms with Gasteiger partial charge in [-0.25, -0.2) is 4.68 Å². The molecule has 3 rings (SSSR count). The molecule has 0 atom stereocenters. The van der Waals surface area contributed by atoms with Crippen LogP contribution in [0.15, 0.2) is 18.3 Å². The van der Waals surface area contributed by atoms with Crippen LogP contribution in [0.4, 0.5) is 5.82 Å². The van der Waals surface area contributed by atoms with E-state index in [0.717, 1.165) is 17.2 Å². The van der Waals surface area contributed by atoms with Crippen LogP contribution >= 0.6 is 23.3 Å². The smallest absolute Gasteiger partial charge is 0.166 e. The fourth-order valence-electron chi connectivity index (χ4n) is 1.42. The molecule has 0 bridgehead atoms. The van der Waals surface area contributed by atoms with E-state index in [1.165, 1.54) is 4.68 Å². The number of nitrogen functional groups attached to an aromatic ring is 1. The van der Waals surface area contributed by atoms with Gasteiger partial charge in [0.15, 0.2) is 5.82 Å². The second kappa shape index (κ2) is 3.39. The van der Waals surface area contributed by atoms with E-state index in [4.69, 9.17) is 17.3 Å². The van der Waals surface area contributed by atoms with Gasteiger partial charge < -0.3 is 5.73 Å². The normalized spacial score (nSPS) is 11.1. The van der Waals surface area contributed by atoms with E-state index >= 15 is 0 Å². The third-order valence-electron chi connectivity index (χ3n) is 2.09. The van der Waals surface area contributed by atoms with E-state index in [0.29, 0.717) is 22.0 Å². The maximum atomic E-state index is 6.11. The van der Waals surface area contributed by atoms with E-state index in [-0.39, 0.29) is 0 Å². The Balaban J connectivity index is 2.36. The van der Waals surface area contributed by atoms with Gasteiger partial charge in [-0.05, 0) is 12.1 Å². The highest BCUT2D eigenvalue weighted by Crippen LogP contribution is 2.27. The molecule has 0 fully saturated rings. The molecule has 0 saturated carbocycles. The Kier molecular flexibility index (Phi) is 2.01.